The summed E-state index contributed by atoms with van der Waals surface area (Å²) >= 11 is 0. The number of aliphatic hydroxyl groups is 1. The molecule has 4 nitrogen and oxygen atoms in total. The van der Waals surface area contributed by atoms with Gasteiger partial charge in [-0.15, -0.1) is 0 Å². The highest BCUT2D eigenvalue weighted by atomic mass is 16.4. The Balaban J connectivity index is 1.98. The normalized spacial score (nSPS) is 24.9. The molecule has 2 rings (SSSR count). The predicted octanol–water partition coefficient (Wildman–Crippen LogP) is 2.71. The average Bonchev–Trinajstić information content (AvgIpc) is 2.77. The van der Waals surface area contributed by atoms with Gasteiger partial charge < -0.3 is 9.52 Å². The van der Waals surface area contributed by atoms with E-state index in [1.807, 2.05) is 13.2 Å². The van der Waals surface area contributed by atoms with E-state index in [-0.39, 0.29) is 17.6 Å². The zero-order chi connectivity index (χ0) is 14.0. The molecule has 0 spiro atoms. The zero-order valence-electron chi connectivity index (χ0n) is 12.5. The second-order valence-electron chi connectivity index (χ2n) is 6.70. The molecule has 0 aliphatic heterocycles. The Morgan fingerprint density at radius 1 is 1.37 bits per heavy atom. The van der Waals surface area contributed by atoms with Crippen molar-refractivity contribution in [3.05, 3.63) is 17.8 Å². The molecule has 0 aromatic carbocycles. The van der Waals surface area contributed by atoms with Gasteiger partial charge in [0.1, 0.15) is 5.76 Å². The molecule has 0 radical (unpaired) electrons. The molecule has 1 saturated carbocycles. The molecule has 108 valence electrons. The van der Waals surface area contributed by atoms with E-state index >= 15 is 0 Å². The van der Waals surface area contributed by atoms with Gasteiger partial charge >= 0.3 is 0 Å². The fraction of sp³-hybridized carbons (Fsp3) is 0.800. The highest BCUT2D eigenvalue weighted by Crippen LogP contribution is 2.25. The van der Waals surface area contributed by atoms with Crippen LogP contribution in [0, 0.1) is 0 Å². The topological polar surface area (TPSA) is 49.5 Å². The van der Waals surface area contributed by atoms with Gasteiger partial charge in [-0.05, 0) is 19.9 Å². The van der Waals surface area contributed by atoms with Crippen LogP contribution in [0.25, 0.3) is 0 Å². The molecule has 1 aromatic rings. The summed E-state index contributed by atoms with van der Waals surface area (Å²) in [5, 5.41) is 10.1. The van der Waals surface area contributed by atoms with Gasteiger partial charge in [0, 0.05) is 11.5 Å². The third-order valence-electron chi connectivity index (χ3n) is 3.94. The third-order valence-corrected chi connectivity index (χ3v) is 3.94. The minimum atomic E-state index is -0.212. The van der Waals surface area contributed by atoms with Crippen LogP contribution in [0.2, 0.25) is 0 Å². The summed E-state index contributed by atoms with van der Waals surface area (Å²) in [5.74, 6) is 1.66. The molecule has 4 heteroatoms. The third kappa shape index (κ3) is 3.57. The van der Waals surface area contributed by atoms with E-state index in [2.05, 4.69) is 30.7 Å². The lowest BCUT2D eigenvalue weighted by atomic mass is 9.91. The van der Waals surface area contributed by atoms with Crippen molar-refractivity contribution in [1.82, 2.24) is 9.88 Å². The minimum Gasteiger partial charge on any atom is -0.444 e. The van der Waals surface area contributed by atoms with Crippen molar-refractivity contribution in [2.45, 2.75) is 70.6 Å². The Kier molecular flexibility index (Phi) is 4.31. The smallest absolute Gasteiger partial charge is 0.208 e. The number of likely N-dealkylation sites (N-methyl/N-ethyl adjacent to an activating group) is 1. The van der Waals surface area contributed by atoms with Gasteiger partial charge in [-0.3, -0.25) is 4.90 Å². The van der Waals surface area contributed by atoms with Gasteiger partial charge in [-0.1, -0.05) is 33.6 Å². The largest absolute Gasteiger partial charge is 0.444 e. The molecule has 0 amide bonds. The van der Waals surface area contributed by atoms with Crippen LogP contribution in [0.5, 0.6) is 0 Å². The van der Waals surface area contributed by atoms with E-state index in [4.69, 9.17) is 4.42 Å². The van der Waals surface area contributed by atoms with Crippen LogP contribution in [-0.2, 0) is 12.0 Å². The van der Waals surface area contributed by atoms with E-state index in [1.54, 1.807) is 0 Å². The van der Waals surface area contributed by atoms with E-state index < -0.39 is 0 Å². The van der Waals surface area contributed by atoms with Crippen LogP contribution in [0.1, 0.15) is 58.1 Å². The number of aromatic nitrogens is 1. The number of nitrogens with zero attached hydrogens (tertiary/aromatic N) is 2. The second-order valence-corrected chi connectivity index (χ2v) is 6.70. The molecule has 19 heavy (non-hydrogen) atoms. The van der Waals surface area contributed by atoms with Gasteiger partial charge in [0.15, 0.2) is 0 Å². The van der Waals surface area contributed by atoms with Crippen LogP contribution in [-0.4, -0.2) is 34.2 Å². The first-order chi connectivity index (χ1) is 8.88. The van der Waals surface area contributed by atoms with Crippen LogP contribution in [0.15, 0.2) is 10.6 Å². The van der Waals surface area contributed by atoms with Crippen molar-refractivity contribution in [2.24, 2.45) is 0 Å². The van der Waals surface area contributed by atoms with Gasteiger partial charge in [-0.2, -0.15) is 0 Å². The Bertz CT molecular complexity index is 409. The van der Waals surface area contributed by atoms with Crippen molar-refractivity contribution >= 4 is 0 Å². The lowest BCUT2D eigenvalue weighted by Gasteiger charge is -2.34. The molecular weight excluding hydrogens is 240 g/mol. The molecule has 1 N–H and O–H groups in total. The number of hydrogen-bond acceptors (Lipinski definition) is 4. The van der Waals surface area contributed by atoms with Crippen LogP contribution in [0.3, 0.4) is 0 Å². The minimum absolute atomic E-state index is 0.00578. The summed E-state index contributed by atoms with van der Waals surface area (Å²) in [6.07, 6.45) is 5.92. The lowest BCUT2D eigenvalue weighted by molar-refractivity contribution is 0.0253. The zero-order valence-corrected chi connectivity index (χ0v) is 12.5. The van der Waals surface area contributed by atoms with Crippen molar-refractivity contribution in [3.63, 3.8) is 0 Å². The first-order valence-corrected chi connectivity index (χ1v) is 7.21. The monoisotopic (exact) mass is 266 g/mol. The Morgan fingerprint density at radius 2 is 2.05 bits per heavy atom. The van der Waals surface area contributed by atoms with Gasteiger partial charge in [-0.25, -0.2) is 4.98 Å². The molecule has 2 atom stereocenters. The lowest BCUT2D eigenvalue weighted by Crippen LogP contribution is -2.42. The fourth-order valence-electron chi connectivity index (χ4n) is 2.67. The average molecular weight is 266 g/mol. The number of hydrogen-bond donors (Lipinski definition) is 1. The van der Waals surface area contributed by atoms with E-state index in [1.165, 1.54) is 6.42 Å². The molecule has 1 aliphatic carbocycles. The maximum Gasteiger partial charge on any atom is 0.208 e. The molecule has 1 heterocycles. The Morgan fingerprint density at radius 3 is 2.63 bits per heavy atom. The number of rotatable bonds is 3. The fourth-order valence-corrected chi connectivity index (χ4v) is 2.67. The summed E-state index contributed by atoms with van der Waals surface area (Å²) in [4.78, 5) is 6.52. The molecule has 1 aliphatic rings. The Hall–Kier alpha value is -0.870. The van der Waals surface area contributed by atoms with E-state index in [0.29, 0.717) is 6.54 Å². The highest BCUT2D eigenvalue weighted by Gasteiger charge is 2.27. The van der Waals surface area contributed by atoms with E-state index in [9.17, 15) is 5.11 Å². The van der Waals surface area contributed by atoms with Gasteiger partial charge in [0.05, 0.1) is 18.8 Å². The number of oxazole rings is 1. The standard InChI is InChI=1S/C15H26N2O2/c1-15(2,3)13-9-16-14(19-13)10-17(4)11-7-5-6-8-12(11)18/h9,11-12,18H,5-8,10H2,1-4H3. The molecule has 0 saturated heterocycles. The molecule has 1 fully saturated rings. The summed E-state index contributed by atoms with van der Waals surface area (Å²) in [6, 6.07) is 0.235. The quantitative estimate of drug-likeness (QED) is 0.914. The summed E-state index contributed by atoms with van der Waals surface area (Å²) in [6.45, 7) is 7.02. The number of aliphatic hydroxyl groups excluding tert-OH is 1. The van der Waals surface area contributed by atoms with E-state index in [0.717, 1.165) is 30.9 Å². The maximum absolute atomic E-state index is 10.1. The van der Waals surface area contributed by atoms with Gasteiger partial charge in [0.25, 0.3) is 0 Å². The Labute approximate surface area is 115 Å². The first-order valence-electron chi connectivity index (χ1n) is 7.21. The molecule has 0 bridgehead atoms. The molecule has 1 aromatic heterocycles. The summed E-state index contributed by atoms with van der Waals surface area (Å²) in [7, 11) is 2.04. The van der Waals surface area contributed by atoms with Crippen LogP contribution in [0.4, 0.5) is 0 Å². The maximum atomic E-state index is 10.1. The van der Waals surface area contributed by atoms with Crippen molar-refractivity contribution in [3.8, 4) is 0 Å². The van der Waals surface area contributed by atoms with Crippen LogP contribution < -0.4 is 0 Å². The molecule has 2 unspecified atom stereocenters. The predicted molar refractivity (Wildman–Crippen MR) is 74.9 cm³/mol. The first kappa shape index (κ1) is 14.5. The SMILES string of the molecule is CN(Cc1ncc(C(C)(C)C)o1)C1CCCCC1O. The highest BCUT2D eigenvalue weighted by molar-refractivity contribution is 5.06. The summed E-state index contributed by atoms with van der Waals surface area (Å²) < 4.78 is 5.81. The van der Waals surface area contributed by atoms with Crippen molar-refractivity contribution < 1.29 is 9.52 Å². The van der Waals surface area contributed by atoms with Crippen LogP contribution >= 0.6 is 0 Å². The second kappa shape index (κ2) is 5.63. The van der Waals surface area contributed by atoms with Crippen molar-refractivity contribution in [2.75, 3.05) is 7.05 Å². The van der Waals surface area contributed by atoms with Crippen molar-refractivity contribution in [1.29, 1.82) is 0 Å². The summed E-state index contributed by atoms with van der Waals surface area (Å²) in [5.41, 5.74) is -0.00578. The molecular formula is C15H26N2O2. The van der Waals surface area contributed by atoms with Gasteiger partial charge in [0.2, 0.25) is 5.89 Å².